The first-order valence-corrected chi connectivity index (χ1v) is 5.30. The van der Waals surface area contributed by atoms with Crippen LogP contribution in [0.5, 0.6) is 0 Å². The molecule has 1 aromatic rings. The highest BCUT2D eigenvalue weighted by Gasteiger charge is 2.09. The molecular formula is C12H14ClNO2. The van der Waals surface area contributed by atoms with Crippen LogP contribution in [0.25, 0.3) is 0 Å². The molecular weight excluding hydrogens is 226 g/mol. The summed E-state index contributed by atoms with van der Waals surface area (Å²) in [6, 6.07) is 5.09. The lowest BCUT2D eigenvalue weighted by molar-refractivity contribution is -0.128. The number of halogens is 1. The van der Waals surface area contributed by atoms with Crippen LogP contribution >= 0.6 is 11.6 Å². The van der Waals surface area contributed by atoms with Gasteiger partial charge in [0.1, 0.15) is 0 Å². The average Bonchev–Trinajstić information content (AvgIpc) is 2.20. The minimum atomic E-state index is -0.0377. The fraction of sp³-hybridized carbons (Fsp3) is 0.333. The van der Waals surface area contributed by atoms with E-state index in [1.54, 1.807) is 30.1 Å². The molecule has 1 amide bonds. The second kappa shape index (κ2) is 5.12. The summed E-state index contributed by atoms with van der Waals surface area (Å²) in [5.74, 6) is -0.0484. The van der Waals surface area contributed by atoms with E-state index >= 15 is 0 Å². The summed E-state index contributed by atoms with van der Waals surface area (Å²) in [7, 11) is 1.69. The SMILES string of the molecule is CC(=O)c1ccc(Cl)c(CN(C)C(C)=O)c1. The van der Waals surface area contributed by atoms with Crippen LogP contribution in [0.4, 0.5) is 0 Å². The lowest BCUT2D eigenvalue weighted by Gasteiger charge is -2.16. The highest BCUT2D eigenvalue weighted by atomic mass is 35.5. The highest BCUT2D eigenvalue weighted by Crippen LogP contribution is 2.19. The van der Waals surface area contributed by atoms with Crippen LogP contribution in [-0.2, 0) is 11.3 Å². The van der Waals surface area contributed by atoms with Gasteiger partial charge in [0, 0.05) is 31.1 Å². The third kappa shape index (κ3) is 3.07. The molecule has 0 spiro atoms. The Morgan fingerprint density at radius 3 is 2.44 bits per heavy atom. The molecule has 0 aliphatic carbocycles. The van der Waals surface area contributed by atoms with Gasteiger partial charge in [0.25, 0.3) is 0 Å². The smallest absolute Gasteiger partial charge is 0.219 e. The minimum absolute atomic E-state index is 0.0107. The van der Waals surface area contributed by atoms with Gasteiger partial charge < -0.3 is 4.90 Å². The maximum absolute atomic E-state index is 11.2. The Labute approximate surface area is 100 Å². The Bertz CT molecular complexity index is 429. The number of hydrogen-bond acceptors (Lipinski definition) is 2. The zero-order valence-corrected chi connectivity index (χ0v) is 10.3. The molecule has 0 atom stereocenters. The van der Waals surface area contributed by atoms with Crippen LogP contribution in [0.2, 0.25) is 5.02 Å². The largest absolute Gasteiger partial charge is 0.342 e. The molecule has 1 aromatic carbocycles. The van der Waals surface area contributed by atoms with Gasteiger partial charge in [-0.15, -0.1) is 0 Å². The van der Waals surface area contributed by atoms with Crippen LogP contribution in [0.3, 0.4) is 0 Å². The van der Waals surface area contributed by atoms with Crippen LogP contribution in [-0.4, -0.2) is 23.6 Å². The summed E-state index contributed by atoms with van der Waals surface area (Å²) < 4.78 is 0. The molecule has 3 nitrogen and oxygen atoms in total. The van der Waals surface area contributed by atoms with Gasteiger partial charge >= 0.3 is 0 Å². The van der Waals surface area contributed by atoms with Gasteiger partial charge in [-0.05, 0) is 30.7 Å². The molecule has 4 heteroatoms. The summed E-state index contributed by atoms with van der Waals surface area (Å²) in [5, 5.41) is 0.568. The van der Waals surface area contributed by atoms with Crippen molar-refractivity contribution in [2.45, 2.75) is 20.4 Å². The maximum atomic E-state index is 11.2. The molecule has 0 radical (unpaired) electrons. The molecule has 0 aliphatic rings. The van der Waals surface area contributed by atoms with Crippen molar-refractivity contribution in [3.8, 4) is 0 Å². The molecule has 0 aliphatic heterocycles. The lowest BCUT2D eigenvalue weighted by atomic mass is 10.1. The fourth-order valence-electron chi connectivity index (χ4n) is 1.28. The van der Waals surface area contributed by atoms with Gasteiger partial charge in [0.05, 0.1) is 0 Å². The summed E-state index contributed by atoms with van der Waals surface area (Å²) in [4.78, 5) is 23.8. The zero-order valence-electron chi connectivity index (χ0n) is 9.58. The highest BCUT2D eigenvalue weighted by molar-refractivity contribution is 6.31. The van der Waals surface area contributed by atoms with E-state index in [0.29, 0.717) is 17.1 Å². The number of carbonyl (C=O) groups excluding carboxylic acids is 2. The van der Waals surface area contributed by atoms with E-state index in [0.717, 1.165) is 5.56 Å². The molecule has 0 saturated carbocycles. The third-order valence-corrected chi connectivity index (χ3v) is 2.77. The van der Waals surface area contributed by atoms with E-state index in [1.807, 2.05) is 0 Å². The fourth-order valence-corrected chi connectivity index (χ4v) is 1.46. The number of ketones is 1. The van der Waals surface area contributed by atoms with Crippen LogP contribution in [0.15, 0.2) is 18.2 Å². The van der Waals surface area contributed by atoms with Gasteiger partial charge in [-0.25, -0.2) is 0 Å². The summed E-state index contributed by atoms with van der Waals surface area (Å²) >= 11 is 6.00. The van der Waals surface area contributed by atoms with Crippen molar-refractivity contribution < 1.29 is 9.59 Å². The Hall–Kier alpha value is -1.35. The normalized spacial score (nSPS) is 10.0. The number of rotatable bonds is 3. The van der Waals surface area contributed by atoms with Gasteiger partial charge in [-0.3, -0.25) is 9.59 Å². The number of benzene rings is 1. The monoisotopic (exact) mass is 239 g/mol. The average molecular weight is 240 g/mol. The number of hydrogen-bond donors (Lipinski definition) is 0. The Morgan fingerprint density at radius 1 is 1.31 bits per heavy atom. The Morgan fingerprint density at radius 2 is 1.94 bits per heavy atom. The predicted octanol–water partition coefficient (Wildman–Crippen LogP) is 2.52. The first kappa shape index (κ1) is 12.7. The van der Waals surface area contributed by atoms with E-state index in [4.69, 9.17) is 11.6 Å². The van der Waals surface area contributed by atoms with Crippen LogP contribution in [0.1, 0.15) is 29.8 Å². The summed E-state index contributed by atoms with van der Waals surface area (Å²) in [6.45, 7) is 3.40. The Balaban J connectivity index is 2.98. The van der Waals surface area contributed by atoms with Crippen molar-refractivity contribution in [1.82, 2.24) is 4.90 Å². The molecule has 86 valence electrons. The quantitative estimate of drug-likeness (QED) is 0.760. The zero-order chi connectivity index (χ0) is 12.3. The van der Waals surface area contributed by atoms with Crippen molar-refractivity contribution in [3.63, 3.8) is 0 Å². The minimum Gasteiger partial charge on any atom is -0.342 e. The molecule has 1 rings (SSSR count). The van der Waals surface area contributed by atoms with Crippen molar-refractivity contribution in [3.05, 3.63) is 34.3 Å². The van der Waals surface area contributed by atoms with Gasteiger partial charge in [0.2, 0.25) is 5.91 Å². The second-order valence-electron chi connectivity index (χ2n) is 3.74. The maximum Gasteiger partial charge on any atom is 0.219 e. The lowest BCUT2D eigenvalue weighted by Crippen LogP contribution is -2.23. The molecule has 0 bridgehead atoms. The van der Waals surface area contributed by atoms with E-state index in [-0.39, 0.29) is 11.7 Å². The molecule has 0 unspecified atom stereocenters. The number of amides is 1. The van der Waals surface area contributed by atoms with Crippen LogP contribution < -0.4 is 0 Å². The van der Waals surface area contributed by atoms with E-state index in [1.165, 1.54) is 13.8 Å². The van der Waals surface area contributed by atoms with Crippen molar-refractivity contribution in [2.75, 3.05) is 7.05 Å². The molecule has 0 heterocycles. The van der Waals surface area contributed by atoms with E-state index < -0.39 is 0 Å². The standard InChI is InChI=1S/C12H14ClNO2/c1-8(15)10-4-5-12(13)11(6-10)7-14(3)9(2)16/h4-6H,7H2,1-3H3. The van der Waals surface area contributed by atoms with Crippen molar-refractivity contribution >= 4 is 23.3 Å². The topological polar surface area (TPSA) is 37.4 Å². The molecule has 0 N–H and O–H groups in total. The number of carbonyl (C=O) groups is 2. The van der Waals surface area contributed by atoms with Gasteiger partial charge in [0.15, 0.2) is 5.78 Å². The molecule has 0 saturated heterocycles. The Kier molecular flexibility index (Phi) is 4.07. The summed E-state index contributed by atoms with van der Waals surface area (Å²) in [6.07, 6.45) is 0. The summed E-state index contributed by atoms with van der Waals surface area (Å²) in [5.41, 5.74) is 1.39. The molecule has 16 heavy (non-hydrogen) atoms. The van der Waals surface area contributed by atoms with Gasteiger partial charge in [-0.1, -0.05) is 11.6 Å². The molecule has 0 fully saturated rings. The van der Waals surface area contributed by atoms with E-state index in [9.17, 15) is 9.59 Å². The van der Waals surface area contributed by atoms with Gasteiger partial charge in [-0.2, -0.15) is 0 Å². The predicted molar refractivity (Wildman–Crippen MR) is 63.6 cm³/mol. The van der Waals surface area contributed by atoms with Crippen LogP contribution in [0, 0.1) is 0 Å². The number of Topliss-reactive ketones (excluding diaryl/α,β-unsaturated/α-hetero) is 1. The first-order valence-electron chi connectivity index (χ1n) is 4.93. The van der Waals surface area contributed by atoms with E-state index in [2.05, 4.69) is 0 Å². The van der Waals surface area contributed by atoms with Crippen molar-refractivity contribution in [2.24, 2.45) is 0 Å². The first-order chi connectivity index (χ1) is 7.41. The molecule has 0 aromatic heterocycles. The number of nitrogens with zero attached hydrogens (tertiary/aromatic N) is 1. The third-order valence-electron chi connectivity index (χ3n) is 2.40. The van der Waals surface area contributed by atoms with Crippen molar-refractivity contribution in [1.29, 1.82) is 0 Å². The second-order valence-corrected chi connectivity index (χ2v) is 4.14.